The molecule has 7 heteroatoms. The average molecular weight is 458 g/mol. The van der Waals surface area contributed by atoms with Gasteiger partial charge >= 0.3 is 0 Å². The Labute approximate surface area is 196 Å². The highest BCUT2D eigenvalue weighted by atomic mass is 35.5. The fourth-order valence-corrected chi connectivity index (χ4v) is 3.39. The molecule has 0 atom stereocenters. The SMILES string of the molecule is Cl.O=Cc1ccc(-c2ccc3ncnc(Nc4ccc(OCc5ccccc5)cc4)c3c2)o1. The van der Waals surface area contributed by atoms with Crippen LogP contribution >= 0.6 is 12.4 Å². The van der Waals surface area contributed by atoms with Gasteiger partial charge in [0.25, 0.3) is 0 Å². The predicted molar refractivity (Wildman–Crippen MR) is 130 cm³/mol. The zero-order chi connectivity index (χ0) is 21.8. The molecule has 164 valence electrons. The van der Waals surface area contributed by atoms with Crippen LogP contribution in [0.4, 0.5) is 11.5 Å². The van der Waals surface area contributed by atoms with E-state index in [0.717, 1.165) is 33.5 Å². The van der Waals surface area contributed by atoms with Gasteiger partial charge in [0, 0.05) is 16.6 Å². The third-order valence-corrected chi connectivity index (χ3v) is 5.03. The van der Waals surface area contributed by atoms with Gasteiger partial charge in [0.15, 0.2) is 12.0 Å². The van der Waals surface area contributed by atoms with E-state index < -0.39 is 0 Å². The van der Waals surface area contributed by atoms with Gasteiger partial charge in [0.2, 0.25) is 0 Å². The molecule has 0 aliphatic heterocycles. The van der Waals surface area contributed by atoms with Crippen molar-refractivity contribution < 1.29 is 13.9 Å². The van der Waals surface area contributed by atoms with Crippen LogP contribution in [0.2, 0.25) is 0 Å². The first-order valence-electron chi connectivity index (χ1n) is 10.1. The number of nitrogens with one attached hydrogen (secondary N) is 1. The number of aromatic nitrogens is 2. The Morgan fingerprint density at radius 1 is 0.909 bits per heavy atom. The number of benzene rings is 3. The van der Waals surface area contributed by atoms with Crippen LogP contribution in [-0.2, 0) is 6.61 Å². The largest absolute Gasteiger partial charge is 0.489 e. The first-order valence-corrected chi connectivity index (χ1v) is 10.1. The van der Waals surface area contributed by atoms with Crippen molar-refractivity contribution in [1.29, 1.82) is 0 Å². The van der Waals surface area contributed by atoms with E-state index in [1.165, 1.54) is 6.33 Å². The summed E-state index contributed by atoms with van der Waals surface area (Å²) in [6.45, 7) is 0.519. The van der Waals surface area contributed by atoms with Crippen LogP contribution in [0, 0.1) is 0 Å². The van der Waals surface area contributed by atoms with E-state index in [1.807, 2.05) is 72.8 Å². The van der Waals surface area contributed by atoms with Gasteiger partial charge < -0.3 is 14.5 Å². The van der Waals surface area contributed by atoms with Gasteiger partial charge in [-0.15, -0.1) is 12.4 Å². The zero-order valence-electron chi connectivity index (χ0n) is 17.5. The van der Waals surface area contributed by atoms with Crippen LogP contribution in [0.3, 0.4) is 0 Å². The van der Waals surface area contributed by atoms with Gasteiger partial charge in [-0.3, -0.25) is 4.79 Å². The van der Waals surface area contributed by atoms with Gasteiger partial charge in [-0.2, -0.15) is 0 Å². The summed E-state index contributed by atoms with van der Waals surface area (Å²) in [6.07, 6.45) is 2.22. The van der Waals surface area contributed by atoms with Crippen molar-refractivity contribution in [3.63, 3.8) is 0 Å². The molecule has 0 saturated carbocycles. The molecule has 2 aromatic heterocycles. The van der Waals surface area contributed by atoms with Crippen LogP contribution in [0.5, 0.6) is 5.75 Å². The molecule has 0 aliphatic rings. The molecule has 0 fully saturated rings. The Morgan fingerprint density at radius 2 is 1.73 bits per heavy atom. The number of rotatable bonds is 7. The number of carbonyl (C=O) groups excluding carboxylic acids is 1. The number of furan rings is 1. The highest BCUT2D eigenvalue weighted by molar-refractivity contribution is 5.93. The predicted octanol–water partition coefficient (Wildman–Crippen LogP) is 6.45. The van der Waals surface area contributed by atoms with Gasteiger partial charge in [-0.25, -0.2) is 9.97 Å². The molecule has 0 saturated heterocycles. The Hall–Kier alpha value is -4.16. The fraction of sp³-hybridized carbons (Fsp3) is 0.0385. The second-order valence-electron chi connectivity index (χ2n) is 7.20. The van der Waals surface area contributed by atoms with E-state index in [-0.39, 0.29) is 18.2 Å². The summed E-state index contributed by atoms with van der Waals surface area (Å²) in [4.78, 5) is 19.7. The van der Waals surface area contributed by atoms with Crippen LogP contribution in [0.1, 0.15) is 16.1 Å². The Kier molecular flexibility index (Phi) is 6.66. The zero-order valence-corrected chi connectivity index (χ0v) is 18.3. The maximum atomic E-state index is 10.9. The number of anilines is 2. The first-order chi connectivity index (χ1) is 15.8. The maximum Gasteiger partial charge on any atom is 0.185 e. The van der Waals surface area contributed by atoms with Crippen molar-refractivity contribution in [1.82, 2.24) is 9.97 Å². The Bertz CT molecular complexity index is 1370. The summed E-state index contributed by atoms with van der Waals surface area (Å²) in [5, 5.41) is 4.20. The number of hydrogen-bond acceptors (Lipinski definition) is 6. The van der Waals surface area contributed by atoms with Crippen molar-refractivity contribution >= 4 is 41.1 Å². The molecule has 0 aliphatic carbocycles. The molecular weight excluding hydrogens is 438 g/mol. The quantitative estimate of drug-likeness (QED) is 0.283. The van der Waals surface area contributed by atoms with Gasteiger partial charge in [0.05, 0.1) is 5.52 Å². The Morgan fingerprint density at radius 3 is 2.48 bits per heavy atom. The standard InChI is InChI=1S/C26H19N3O3.ClH/c30-15-22-11-13-25(32-22)19-6-12-24-23(14-19)26(28-17-27-24)29-20-7-9-21(10-8-20)31-16-18-4-2-1-3-5-18;/h1-15,17H,16H2,(H,27,28,29);1H. The van der Waals surface area contributed by atoms with Crippen LogP contribution in [-0.4, -0.2) is 16.3 Å². The second kappa shape index (κ2) is 9.97. The number of ether oxygens (including phenoxy) is 1. The third kappa shape index (κ3) is 5.02. The highest BCUT2D eigenvalue weighted by Crippen LogP contribution is 2.30. The number of nitrogens with zero attached hydrogens (tertiary/aromatic N) is 2. The van der Waals surface area contributed by atoms with Crippen molar-refractivity contribution in [3.05, 3.63) is 103 Å². The van der Waals surface area contributed by atoms with Crippen LogP contribution < -0.4 is 10.1 Å². The van der Waals surface area contributed by atoms with E-state index in [9.17, 15) is 4.79 Å². The van der Waals surface area contributed by atoms with E-state index >= 15 is 0 Å². The summed E-state index contributed by atoms with van der Waals surface area (Å²) in [5.41, 5.74) is 3.64. The summed E-state index contributed by atoms with van der Waals surface area (Å²) in [7, 11) is 0. The summed E-state index contributed by atoms with van der Waals surface area (Å²) in [6, 6.07) is 27.0. The lowest BCUT2D eigenvalue weighted by Crippen LogP contribution is -1.97. The molecule has 5 aromatic rings. The molecular formula is C26H20ClN3O3. The lowest BCUT2D eigenvalue weighted by molar-refractivity contribution is 0.110. The topological polar surface area (TPSA) is 77.2 Å². The van der Waals surface area contributed by atoms with E-state index in [2.05, 4.69) is 15.3 Å². The van der Waals surface area contributed by atoms with Crippen LogP contribution in [0.25, 0.3) is 22.2 Å². The van der Waals surface area contributed by atoms with Crippen molar-refractivity contribution in [2.24, 2.45) is 0 Å². The van der Waals surface area contributed by atoms with E-state index in [1.54, 1.807) is 12.1 Å². The molecule has 0 bridgehead atoms. The minimum absolute atomic E-state index is 0. The number of halogens is 1. The second-order valence-corrected chi connectivity index (χ2v) is 7.20. The van der Waals surface area contributed by atoms with Crippen LogP contribution in [0.15, 0.2) is 95.7 Å². The van der Waals surface area contributed by atoms with E-state index in [4.69, 9.17) is 9.15 Å². The summed E-state index contributed by atoms with van der Waals surface area (Å²) in [5.74, 6) is 2.37. The normalized spacial score (nSPS) is 10.4. The number of fused-ring (bicyclic) bond motifs is 1. The van der Waals surface area contributed by atoms with Crippen molar-refractivity contribution in [2.45, 2.75) is 6.61 Å². The molecule has 1 N–H and O–H groups in total. The highest BCUT2D eigenvalue weighted by Gasteiger charge is 2.09. The molecule has 0 unspecified atom stereocenters. The fourth-order valence-electron chi connectivity index (χ4n) is 3.39. The molecule has 5 rings (SSSR count). The summed E-state index contributed by atoms with van der Waals surface area (Å²) < 4.78 is 11.4. The van der Waals surface area contributed by atoms with Crippen molar-refractivity contribution in [3.8, 4) is 17.1 Å². The van der Waals surface area contributed by atoms with Gasteiger partial charge in [-0.1, -0.05) is 30.3 Å². The molecule has 33 heavy (non-hydrogen) atoms. The number of aldehydes is 1. The molecule has 0 radical (unpaired) electrons. The first kappa shape index (κ1) is 22.0. The van der Waals surface area contributed by atoms with E-state index in [0.29, 0.717) is 24.5 Å². The van der Waals surface area contributed by atoms with Gasteiger partial charge in [-0.05, 0) is 60.2 Å². The molecule has 3 aromatic carbocycles. The molecule has 0 amide bonds. The monoisotopic (exact) mass is 457 g/mol. The number of hydrogen-bond donors (Lipinski definition) is 1. The maximum absolute atomic E-state index is 10.9. The van der Waals surface area contributed by atoms with Crippen molar-refractivity contribution in [2.75, 3.05) is 5.32 Å². The number of carbonyl (C=O) groups is 1. The third-order valence-electron chi connectivity index (χ3n) is 5.03. The lowest BCUT2D eigenvalue weighted by atomic mass is 10.1. The molecule has 0 spiro atoms. The lowest BCUT2D eigenvalue weighted by Gasteiger charge is -2.11. The average Bonchev–Trinajstić information content (AvgIpc) is 3.34. The Balaban J connectivity index is 0.00000259. The smallest absolute Gasteiger partial charge is 0.185 e. The summed E-state index contributed by atoms with van der Waals surface area (Å²) >= 11 is 0. The van der Waals surface area contributed by atoms with Gasteiger partial charge in [0.1, 0.15) is 30.3 Å². The molecule has 6 nitrogen and oxygen atoms in total. The minimum Gasteiger partial charge on any atom is -0.489 e. The molecule has 2 heterocycles. The minimum atomic E-state index is 0.